The van der Waals surface area contributed by atoms with Crippen molar-refractivity contribution in [3.05, 3.63) is 29.3 Å². The summed E-state index contributed by atoms with van der Waals surface area (Å²) < 4.78 is 46.7. The lowest BCUT2D eigenvalue weighted by Crippen LogP contribution is -2.18. The summed E-state index contributed by atoms with van der Waals surface area (Å²) in [5.41, 5.74) is 0. The Balaban J connectivity index is 2.76. The summed E-state index contributed by atoms with van der Waals surface area (Å²) in [6.45, 7) is 0. The van der Waals surface area contributed by atoms with Gasteiger partial charge in [-0.15, -0.1) is 0 Å². The third-order valence-corrected chi connectivity index (χ3v) is 3.01. The van der Waals surface area contributed by atoms with Crippen molar-refractivity contribution in [3.63, 3.8) is 0 Å². The van der Waals surface area contributed by atoms with Gasteiger partial charge in [0.2, 0.25) is 0 Å². The van der Waals surface area contributed by atoms with Crippen molar-refractivity contribution in [2.45, 2.75) is 11.1 Å². The molecule has 0 radical (unpaired) electrons. The van der Waals surface area contributed by atoms with Crippen LogP contribution in [0.4, 0.5) is 13.2 Å². The highest BCUT2D eigenvalue weighted by Crippen LogP contribution is 2.20. The standard InChI is InChI=1S/C8H6ClF3OS/c9-6-1-3-7(4-2-6)14(13)5-8(10,11)12/h1-4H,5H2. The monoisotopic (exact) mass is 242 g/mol. The van der Waals surface area contributed by atoms with Crippen LogP contribution in [0.1, 0.15) is 0 Å². The van der Waals surface area contributed by atoms with Gasteiger partial charge in [0.1, 0.15) is 5.75 Å². The van der Waals surface area contributed by atoms with Gasteiger partial charge in [-0.1, -0.05) is 11.6 Å². The molecular formula is C8H6ClF3OS. The zero-order chi connectivity index (χ0) is 10.8. The minimum Gasteiger partial charge on any atom is -0.254 e. The summed E-state index contributed by atoms with van der Waals surface area (Å²) in [4.78, 5) is 0.131. The highest BCUT2D eigenvalue weighted by atomic mass is 35.5. The zero-order valence-corrected chi connectivity index (χ0v) is 8.42. The molecule has 1 aromatic rings. The maximum atomic E-state index is 11.9. The molecule has 0 spiro atoms. The second kappa shape index (κ2) is 4.31. The molecule has 0 amide bonds. The van der Waals surface area contributed by atoms with Gasteiger partial charge >= 0.3 is 6.18 Å². The fourth-order valence-corrected chi connectivity index (χ4v) is 1.85. The first-order chi connectivity index (χ1) is 6.38. The van der Waals surface area contributed by atoms with Gasteiger partial charge in [-0.05, 0) is 24.3 Å². The van der Waals surface area contributed by atoms with E-state index in [0.717, 1.165) is 0 Å². The van der Waals surface area contributed by atoms with E-state index in [0.29, 0.717) is 5.02 Å². The van der Waals surface area contributed by atoms with E-state index in [4.69, 9.17) is 11.6 Å². The van der Waals surface area contributed by atoms with Crippen LogP contribution in [0, 0.1) is 0 Å². The maximum Gasteiger partial charge on any atom is 0.400 e. The van der Waals surface area contributed by atoms with E-state index < -0.39 is 22.7 Å². The molecule has 1 aromatic carbocycles. The molecule has 1 nitrogen and oxygen atoms in total. The molecule has 1 rings (SSSR count). The van der Waals surface area contributed by atoms with Gasteiger partial charge in [-0.3, -0.25) is 4.21 Å². The molecule has 0 fully saturated rings. The minimum absolute atomic E-state index is 0.131. The van der Waals surface area contributed by atoms with Crippen LogP contribution in [-0.4, -0.2) is 16.1 Å². The van der Waals surface area contributed by atoms with Crippen LogP contribution in [0.15, 0.2) is 29.2 Å². The van der Waals surface area contributed by atoms with Crippen LogP contribution in [0.3, 0.4) is 0 Å². The van der Waals surface area contributed by atoms with Crippen LogP contribution >= 0.6 is 11.6 Å². The van der Waals surface area contributed by atoms with E-state index in [-0.39, 0.29) is 4.90 Å². The van der Waals surface area contributed by atoms with Crippen LogP contribution < -0.4 is 0 Å². The SMILES string of the molecule is O=S(CC(F)(F)F)c1ccc(Cl)cc1. The number of halogens is 4. The summed E-state index contributed by atoms with van der Waals surface area (Å²) >= 11 is 5.53. The van der Waals surface area contributed by atoms with Crippen LogP contribution in [0.25, 0.3) is 0 Å². The van der Waals surface area contributed by atoms with Gasteiger partial charge in [0.05, 0.1) is 10.8 Å². The Morgan fingerprint density at radius 1 is 1.21 bits per heavy atom. The van der Waals surface area contributed by atoms with E-state index in [9.17, 15) is 17.4 Å². The Kier molecular flexibility index (Phi) is 3.55. The van der Waals surface area contributed by atoms with Gasteiger partial charge in [0, 0.05) is 9.92 Å². The van der Waals surface area contributed by atoms with Gasteiger partial charge in [-0.2, -0.15) is 13.2 Å². The number of rotatable bonds is 2. The minimum atomic E-state index is -4.41. The lowest BCUT2D eigenvalue weighted by atomic mass is 10.4. The van der Waals surface area contributed by atoms with Crippen molar-refractivity contribution in [1.29, 1.82) is 0 Å². The largest absolute Gasteiger partial charge is 0.400 e. The Morgan fingerprint density at radius 3 is 2.14 bits per heavy atom. The smallest absolute Gasteiger partial charge is 0.254 e. The number of hydrogen-bond acceptors (Lipinski definition) is 1. The lowest BCUT2D eigenvalue weighted by molar-refractivity contribution is -0.105. The van der Waals surface area contributed by atoms with E-state index in [1.54, 1.807) is 0 Å². The molecule has 0 aliphatic rings. The quantitative estimate of drug-likeness (QED) is 0.779. The van der Waals surface area contributed by atoms with Crippen LogP contribution in [-0.2, 0) is 10.8 Å². The Morgan fingerprint density at radius 2 is 1.71 bits per heavy atom. The van der Waals surface area contributed by atoms with Crippen molar-refractivity contribution in [3.8, 4) is 0 Å². The average molecular weight is 243 g/mol. The van der Waals surface area contributed by atoms with E-state index in [2.05, 4.69) is 0 Å². The molecule has 1 unspecified atom stereocenters. The molecule has 78 valence electrons. The van der Waals surface area contributed by atoms with Gasteiger partial charge < -0.3 is 0 Å². The highest BCUT2D eigenvalue weighted by molar-refractivity contribution is 7.85. The predicted octanol–water partition coefficient (Wildman–Crippen LogP) is 3.01. The van der Waals surface area contributed by atoms with E-state index >= 15 is 0 Å². The summed E-state index contributed by atoms with van der Waals surface area (Å²) in [7, 11) is -2.04. The summed E-state index contributed by atoms with van der Waals surface area (Å²) in [6, 6.07) is 5.46. The molecule has 0 aliphatic carbocycles. The Bertz CT molecular complexity index is 333. The van der Waals surface area contributed by atoms with Gasteiger partial charge in [0.15, 0.2) is 0 Å². The van der Waals surface area contributed by atoms with Crippen molar-refractivity contribution >= 4 is 22.4 Å². The third kappa shape index (κ3) is 3.67. The van der Waals surface area contributed by atoms with E-state index in [1.807, 2.05) is 0 Å². The molecule has 14 heavy (non-hydrogen) atoms. The molecule has 0 bridgehead atoms. The average Bonchev–Trinajstić information content (AvgIpc) is 2.02. The first-order valence-corrected chi connectivity index (χ1v) is 5.29. The predicted molar refractivity (Wildman–Crippen MR) is 48.8 cm³/mol. The second-order valence-corrected chi connectivity index (χ2v) is 4.45. The molecular weight excluding hydrogens is 237 g/mol. The van der Waals surface area contributed by atoms with Crippen LogP contribution in [0.5, 0.6) is 0 Å². The first-order valence-electron chi connectivity index (χ1n) is 3.59. The summed E-state index contributed by atoms with van der Waals surface area (Å²) in [6.07, 6.45) is -4.41. The molecule has 0 aliphatic heterocycles. The fraction of sp³-hybridized carbons (Fsp3) is 0.250. The lowest BCUT2D eigenvalue weighted by Gasteiger charge is -2.05. The number of benzene rings is 1. The molecule has 1 atom stereocenters. The van der Waals surface area contributed by atoms with Crippen molar-refractivity contribution < 1.29 is 17.4 Å². The Hall–Kier alpha value is -0.550. The molecule has 0 saturated heterocycles. The van der Waals surface area contributed by atoms with Gasteiger partial charge in [0.25, 0.3) is 0 Å². The summed E-state index contributed by atoms with van der Waals surface area (Å²) in [5, 5.41) is 0.401. The zero-order valence-electron chi connectivity index (χ0n) is 6.84. The maximum absolute atomic E-state index is 11.9. The van der Waals surface area contributed by atoms with E-state index in [1.165, 1.54) is 24.3 Å². The highest BCUT2D eigenvalue weighted by Gasteiger charge is 2.30. The van der Waals surface area contributed by atoms with Gasteiger partial charge in [-0.25, -0.2) is 0 Å². The summed E-state index contributed by atoms with van der Waals surface area (Å²) in [5.74, 6) is -1.32. The molecule has 0 N–H and O–H groups in total. The second-order valence-electron chi connectivity index (χ2n) is 2.56. The Labute approximate surface area is 86.3 Å². The molecule has 0 heterocycles. The fourth-order valence-electron chi connectivity index (χ4n) is 0.818. The molecule has 0 saturated carbocycles. The third-order valence-electron chi connectivity index (χ3n) is 1.37. The molecule has 0 aromatic heterocycles. The number of alkyl halides is 3. The number of hydrogen-bond donors (Lipinski definition) is 0. The van der Waals surface area contributed by atoms with Crippen LogP contribution in [0.2, 0.25) is 5.02 Å². The van der Waals surface area contributed by atoms with Crippen molar-refractivity contribution in [2.75, 3.05) is 5.75 Å². The van der Waals surface area contributed by atoms with Crippen molar-refractivity contribution in [1.82, 2.24) is 0 Å². The molecule has 6 heteroatoms. The first kappa shape index (κ1) is 11.5. The van der Waals surface area contributed by atoms with Crippen molar-refractivity contribution in [2.24, 2.45) is 0 Å². The normalized spacial score (nSPS) is 14.0. The topological polar surface area (TPSA) is 17.1 Å².